The molecule has 5 nitrogen and oxygen atoms in total. The van der Waals surface area contributed by atoms with Gasteiger partial charge in [0.25, 0.3) is 5.91 Å². The van der Waals surface area contributed by atoms with Crippen molar-refractivity contribution in [1.29, 1.82) is 5.26 Å². The Hall–Kier alpha value is -3.43. The number of nitriles is 1. The summed E-state index contributed by atoms with van der Waals surface area (Å²) in [5.74, 6) is 0.274. The second kappa shape index (κ2) is 8.79. The molecule has 3 aromatic rings. The summed E-state index contributed by atoms with van der Waals surface area (Å²) in [7, 11) is 0. The zero-order chi connectivity index (χ0) is 19.1. The zero-order valence-electron chi connectivity index (χ0n) is 14.7. The summed E-state index contributed by atoms with van der Waals surface area (Å²) < 4.78 is 5.48. The van der Waals surface area contributed by atoms with Gasteiger partial charge in [-0.2, -0.15) is 10.4 Å². The van der Waals surface area contributed by atoms with E-state index in [4.69, 9.17) is 10.00 Å². The van der Waals surface area contributed by atoms with Gasteiger partial charge in [-0.25, -0.2) is 5.43 Å². The van der Waals surface area contributed by atoms with Gasteiger partial charge in [0.05, 0.1) is 17.8 Å². The first-order valence-electron chi connectivity index (χ1n) is 8.26. The number of hydrazone groups is 1. The zero-order valence-corrected chi connectivity index (χ0v) is 15.5. The van der Waals surface area contributed by atoms with Crippen LogP contribution in [0.2, 0.25) is 0 Å². The van der Waals surface area contributed by atoms with Gasteiger partial charge in [-0.05, 0) is 54.4 Å². The van der Waals surface area contributed by atoms with E-state index in [0.29, 0.717) is 11.3 Å². The summed E-state index contributed by atoms with van der Waals surface area (Å²) in [6, 6.07) is 20.8. The van der Waals surface area contributed by atoms with Crippen molar-refractivity contribution in [2.75, 3.05) is 6.61 Å². The fourth-order valence-electron chi connectivity index (χ4n) is 2.35. The quantitative estimate of drug-likeness (QED) is 0.520. The number of benzene rings is 2. The lowest BCUT2D eigenvalue weighted by atomic mass is 10.0. The summed E-state index contributed by atoms with van der Waals surface area (Å²) >= 11 is 1.60. The fourth-order valence-corrected chi connectivity index (χ4v) is 3.10. The summed E-state index contributed by atoms with van der Waals surface area (Å²) in [4.78, 5) is 14.0. The van der Waals surface area contributed by atoms with Gasteiger partial charge in [0.1, 0.15) is 5.75 Å². The van der Waals surface area contributed by atoms with Crippen LogP contribution in [0.4, 0.5) is 0 Å². The van der Waals surface area contributed by atoms with Gasteiger partial charge in [0, 0.05) is 9.75 Å². The topological polar surface area (TPSA) is 74.5 Å². The average Bonchev–Trinajstić information content (AvgIpc) is 3.12. The molecule has 0 aliphatic carbocycles. The van der Waals surface area contributed by atoms with Crippen LogP contribution in [0.1, 0.15) is 15.3 Å². The highest BCUT2D eigenvalue weighted by Gasteiger charge is 2.03. The van der Waals surface area contributed by atoms with Crippen LogP contribution in [0.15, 0.2) is 65.8 Å². The highest BCUT2D eigenvalue weighted by molar-refractivity contribution is 7.13. The van der Waals surface area contributed by atoms with Gasteiger partial charge in [-0.1, -0.05) is 24.3 Å². The number of rotatable bonds is 6. The Morgan fingerprint density at radius 1 is 1.11 bits per heavy atom. The third-order valence-electron chi connectivity index (χ3n) is 3.71. The molecule has 0 saturated carbocycles. The molecule has 0 aliphatic heterocycles. The van der Waals surface area contributed by atoms with Crippen LogP contribution in [0.3, 0.4) is 0 Å². The first-order chi connectivity index (χ1) is 13.1. The lowest BCUT2D eigenvalue weighted by Crippen LogP contribution is -2.24. The van der Waals surface area contributed by atoms with Gasteiger partial charge >= 0.3 is 0 Å². The SMILES string of the molecule is Cc1ccc(/C=N/NC(=O)COc2ccc(-c3ccc(C#N)cc3)cc2)s1. The Labute approximate surface area is 161 Å². The van der Waals surface area contributed by atoms with E-state index in [1.165, 1.54) is 4.88 Å². The minimum atomic E-state index is -0.323. The van der Waals surface area contributed by atoms with Crippen molar-refractivity contribution in [2.24, 2.45) is 5.10 Å². The van der Waals surface area contributed by atoms with E-state index in [0.717, 1.165) is 16.0 Å². The summed E-state index contributed by atoms with van der Waals surface area (Å²) in [6.07, 6.45) is 1.61. The maximum absolute atomic E-state index is 11.8. The van der Waals surface area contributed by atoms with E-state index < -0.39 is 0 Å². The van der Waals surface area contributed by atoms with Crippen LogP contribution in [0.5, 0.6) is 5.75 Å². The predicted octanol–water partition coefficient (Wildman–Crippen LogP) is 4.12. The number of thiophene rings is 1. The van der Waals surface area contributed by atoms with Crippen molar-refractivity contribution >= 4 is 23.5 Å². The van der Waals surface area contributed by atoms with Crippen LogP contribution in [0, 0.1) is 18.3 Å². The molecule has 0 bridgehead atoms. The average molecular weight is 375 g/mol. The maximum atomic E-state index is 11.8. The largest absolute Gasteiger partial charge is 0.484 e. The van der Waals surface area contributed by atoms with E-state index in [1.54, 1.807) is 41.8 Å². The molecular weight excluding hydrogens is 358 g/mol. The van der Waals surface area contributed by atoms with Crippen molar-refractivity contribution in [3.63, 3.8) is 0 Å². The lowest BCUT2D eigenvalue weighted by Gasteiger charge is -2.07. The highest BCUT2D eigenvalue weighted by atomic mass is 32.1. The third kappa shape index (κ3) is 5.27. The molecule has 134 valence electrons. The molecule has 2 aromatic carbocycles. The second-order valence-electron chi connectivity index (χ2n) is 5.74. The maximum Gasteiger partial charge on any atom is 0.277 e. The lowest BCUT2D eigenvalue weighted by molar-refractivity contribution is -0.123. The Morgan fingerprint density at radius 2 is 1.78 bits per heavy atom. The van der Waals surface area contributed by atoms with Crippen LogP contribution in [-0.4, -0.2) is 18.7 Å². The molecule has 1 heterocycles. The number of carbonyl (C=O) groups excluding carboxylic acids is 1. The molecule has 1 aromatic heterocycles. The standard InChI is InChI=1S/C21H17N3O2S/c1-15-2-11-20(27-15)13-23-24-21(25)14-26-19-9-7-18(8-10-19)17-5-3-16(12-22)4-6-17/h2-11,13H,14H2,1H3,(H,24,25)/b23-13+. The molecule has 0 fully saturated rings. The van der Waals surface area contributed by atoms with E-state index >= 15 is 0 Å². The predicted molar refractivity (Wildman–Crippen MR) is 107 cm³/mol. The van der Waals surface area contributed by atoms with E-state index in [1.807, 2.05) is 43.3 Å². The summed E-state index contributed by atoms with van der Waals surface area (Å²) in [6.45, 7) is 1.90. The number of hydrogen-bond donors (Lipinski definition) is 1. The number of nitrogens with one attached hydrogen (secondary N) is 1. The Balaban J connectivity index is 1.50. The van der Waals surface area contributed by atoms with Crippen LogP contribution in [-0.2, 0) is 4.79 Å². The number of ether oxygens (including phenoxy) is 1. The first kappa shape index (κ1) is 18.4. The van der Waals surface area contributed by atoms with Gasteiger partial charge < -0.3 is 4.74 Å². The molecule has 27 heavy (non-hydrogen) atoms. The highest BCUT2D eigenvalue weighted by Crippen LogP contribution is 2.22. The van der Waals surface area contributed by atoms with Gasteiger partial charge in [0.2, 0.25) is 0 Å². The van der Waals surface area contributed by atoms with Crippen molar-refractivity contribution in [3.05, 3.63) is 76.0 Å². The molecule has 6 heteroatoms. The molecule has 1 N–H and O–H groups in total. The second-order valence-corrected chi connectivity index (χ2v) is 7.06. The smallest absolute Gasteiger partial charge is 0.277 e. The number of nitrogens with zero attached hydrogens (tertiary/aromatic N) is 2. The Kier molecular flexibility index (Phi) is 5.98. The molecular formula is C21H17N3O2S. The third-order valence-corrected chi connectivity index (χ3v) is 4.65. The molecule has 0 aliphatic rings. The van der Waals surface area contributed by atoms with E-state index in [-0.39, 0.29) is 12.5 Å². The van der Waals surface area contributed by atoms with Crippen LogP contribution in [0.25, 0.3) is 11.1 Å². The fraction of sp³-hybridized carbons (Fsp3) is 0.0952. The Morgan fingerprint density at radius 3 is 2.37 bits per heavy atom. The van der Waals surface area contributed by atoms with Gasteiger partial charge in [0.15, 0.2) is 6.61 Å². The summed E-state index contributed by atoms with van der Waals surface area (Å²) in [5, 5.41) is 12.8. The van der Waals surface area contributed by atoms with Crippen molar-refractivity contribution in [2.45, 2.75) is 6.92 Å². The van der Waals surface area contributed by atoms with Crippen molar-refractivity contribution in [3.8, 4) is 22.9 Å². The minimum Gasteiger partial charge on any atom is -0.484 e. The van der Waals surface area contributed by atoms with Crippen molar-refractivity contribution < 1.29 is 9.53 Å². The molecule has 0 saturated heterocycles. The number of aryl methyl sites for hydroxylation is 1. The van der Waals surface area contributed by atoms with Crippen molar-refractivity contribution in [1.82, 2.24) is 5.43 Å². The molecule has 1 amide bonds. The summed E-state index contributed by atoms with van der Waals surface area (Å²) in [5.41, 5.74) is 5.09. The molecule has 3 rings (SSSR count). The molecule has 0 spiro atoms. The monoisotopic (exact) mass is 375 g/mol. The molecule has 0 unspecified atom stereocenters. The van der Waals surface area contributed by atoms with Gasteiger partial charge in [-0.15, -0.1) is 11.3 Å². The molecule has 0 radical (unpaired) electrons. The minimum absolute atomic E-state index is 0.114. The van der Waals surface area contributed by atoms with Gasteiger partial charge in [-0.3, -0.25) is 4.79 Å². The number of hydrogen-bond acceptors (Lipinski definition) is 5. The number of amides is 1. The normalized spacial score (nSPS) is 10.5. The number of carbonyl (C=O) groups is 1. The molecule has 0 atom stereocenters. The van der Waals surface area contributed by atoms with E-state index in [2.05, 4.69) is 16.6 Å². The van der Waals surface area contributed by atoms with Crippen LogP contribution < -0.4 is 10.2 Å². The first-order valence-corrected chi connectivity index (χ1v) is 9.07. The van der Waals surface area contributed by atoms with E-state index in [9.17, 15) is 4.79 Å². The van der Waals surface area contributed by atoms with Crippen LogP contribution >= 0.6 is 11.3 Å². The Bertz CT molecular complexity index is 984.